The lowest BCUT2D eigenvalue weighted by Crippen LogP contribution is -2.03. The van der Waals surface area contributed by atoms with Gasteiger partial charge in [0.1, 0.15) is 0 Å². The van der Waals surface area contributed by atoms with Crippen molar-refractivity contribution in [2.75, 3.05) is 0 Å². The SMILES string of the molecule is CC(C)=CCC/C(C)=C/CC/C(C)=C/[C@@H](O)P(=O)(O)O. The van der Waals surface area contributed by atoms with E-state index in [-0.39, 0.29) is 0 Å². The molecule has 0 aliphatic carbocycles. The molecule has 116 valence electrons. The fourth-order valence-electron chi connectivity index (χ4n) is 1.67. The Morgan fingerprint density at radius 1 is 1.00 bits per heavy atom. The molecule has 0 saturated carbocycles. The van der Waals surface area contributed by atoms with Crippen LogP contribution in [0.15, 0.2) is 34.9 Å². The van der Waals surface area contributed by atoms with Gasteiger partial charge in [0.05, 0.1) is 0 Å². The van der Waals surface area contributed by atoms with Gasteiger partial charge in [-0.05, 0) is 59.5 Å². The molecule has 0 aliphatic heterocycles. The van der Waals surface area contributed by atoms with Gasteiger partial charge in [-0.3, -0.25) is 4.57 Å². The molecule has 5 heteroatoms. The second-order valence-corrected chi connectivity index (χ2v) is 7.13. The molecule has 0 unspecified atom stereocenters. The maximum atomic E-state index is 10.8. The molecule has 0 aromatic rings. The Morgan fingerprint density at radius 3 is 2.00 bits per heavy atom. The third-order valence-corrected chi connectivity index (χ3v) is 3.74. The van der Waals surface area contributed by atoms with Crippen molar-refractivity contribution in [1.29, 1.82) is 0 Å². The normalized spacial score (nSPS) is 15.2. The average Bonchev–Trinajstić information content (AvgIpc) is 2.26. The van der Waals surface area contributed by atoms with Crippen molar-refractivity contribution >= 4 is 7.60 Å². The molecule has 0 bridgehead atoms. The van der Waals surface area contributed by atoms with Crippen LogP contribution in [0.5, 0.6) is 0 Å². The quantitative estimate of drug-likeness (QED) is 0.469. The van der Waals surface area contributed by atoms with Crippen LogP contribution in [0.3, 0.4) is 0 Å². The predicted octanol–water partition coefficient (Wildman–Crippen LogP) is 3.90. The zero-order chi connectivity index (χ0) is 15.8. The molecule has 0 aliphatic rings. The molecule has 0 amide bonds. The molecule has 4 nitrogen and oxygen atoms in total. The molecule has 0 aromatic carbocycles. The number of aliphatic hydroxyl groups excluding tert-OH is 1. The van der Waals surface area contributed by atoms with E-state index in [2.05, 4.69) is 32.9 Å². The van der Waals surface area contributed by atoms with Crippen LogP contribution in [0.1, 0.15) is 53.4 Å². The number of rotatable bonds is 8. The molecule has 20 heavy (non-hydrogen) atoms. The van der Waals surface area contributed by atoms with Crippen LogP contribution < -0.4 is 0 Å². The highest BCUT2D eigenvalue weighted by Crippen LogP contribution is 2.40. The van der Waals surface area contributed by atoms with Gasteiger partial charge in [0.15, 0.2) is 5.85 Å². The van der Waals surface area contributed by atoms with E-state index in [1.165, 1.54) is 17.2 Å². The highest BCUT2D eigenvalue weighted by atomic mass is 31.2. The second kappa shape index (κ2) is 9.30. The fourth-order valence-corrected chi connectivity index (χ4v) is 2.12. The minimum absolute atomic E-state index is 0.692. The van der Waals surface area contributed by atoms with Crippen molar-refractivity contribution in [1.82, 2.24) is 0 Å². The van der Waals surface area contributed by atoms with Gasteiger partial charge in [0.2, 0.25) is 0 Å². The van der Waals surface area contributed by atoms with Gasteiger partial charge >= 0.3 is 7.60 Å². The average molecular weight is 302 g/mol. The standard InChI is InChI=1S/C15H27O4P/c1-12(2)7-5-8-13(3)9-6-10-14(4)11-15(16)20(17,18)19/h7,9,11,15-16H,5-6,8,10H2,1-4H3,(H2,17,18,19)/b13-9+,14-11+/t15-/m0/s1. The lowest BCUT2D eigenvalue weighted by Gasteiger charge is -2.09. The van der Waals surface area contributed by atoms with E-state index < -0.39 is 13.4 Å². The molecule has 0 fully saturated rings. The lowest BCUT2D eigenvalue weighted by atomic mass is 10.1. The summed E-state index contributed by atoms with van der Waals surface area (Å²) in [6.45, 7) is 8.02. The van der Waals surface area contributed by atoms with Crippen LogP contribution in [0.4, 0.5) is 0 Å². The van der Waals surface area contributed by atoms with Crippen LogP contribution in [0.2, 0.25) is 0 Å². The highest BCUT2D eigenvalue weighted by Gasteiger charge is 2.23. The molecule has 0 saturated heterocycles. The van der Waals surface area contributed by atoms with E-state index in [0.29, 0.717) is 6.42 Å². The fraction of sp³-hybridized carbons (Fsp3) is 0.600. The topological polar surface area (TPSA) is 77.8 Å². The zero-order valence-electron chi connectivity index (χ0n) is 12.8. The first-order valence-electron chi connectivity index (χ1n) is 6.82. The minimum Gasteiger partial charge on any atom is -0.377 e. The number of hydrogen-bond acceptors (Lipinski definition) is 2. The maximum absolute atomic E-state index is 10.8. The van der Waals surface area contributed by atoms with E-state index in [4.69, 9.17) is 9.79 Å². The van der Waals surface area contributed by atoms with Gasteiger partial charge in [-0.1, -0.05) is 28.9 Å². The van der Waals surface area contributed by atoms with Crippen molar-refractivity contribution in [3.05, 3.63) is 34.9 Å². The summed E-state index contributed by atoms with van der Waals surface area (Å²) in [5.74, 6) is -1.69. The van der Waals surface area contributed by atoms with Gasteiger partial charge in [-0.25, -0.2) is 0 Å². The largest absolute Gasteiger partial charge is 0.377 e. The summed E-state index contributed by atoms with van der Waals surface area (Å²) in [7, 11) is -4.43. The molecule has 0 spiro atoms. The molecule has 0 aromatic heterocycles. The van der Waals surface area contributed by atoms with Gasteiger partial charge in [-0.15, -0.1) is 0 Å². The van der Waals surface area contributed by atoms with Gasteiger partial charge in [0, 0.05) is 0 Å². The Kier molecular flexibility index (Phi) is 8.99. The third kappa shape index (κ3) is 10.2. The van der Waals surface area contributed by atoms with Gasteiger partial charge in [-0.2, -0.15) is 0 Å². The number of hydrogen-bond donors (Lipinski definition) is 3. The Morgan fingerprint density at radius 2 is 1.50 bits per heavy atom. The van der Waals surface area contributed by atoms with Crippen molar-refractivity contribution in [2.24, 2.45) is 0 Å². The van der Waals surface area contributed by atoms with Crippen molar-refractivity contribution in [3.63, 3.8) is 0 Å². The van der Waals surface area contributed by atoms with Crippen molar-refractivity contribution < 1.29 is 19.5 Å². The second-order valence-electron chi connectivity index (χ2n) is 5.43. The Bertz CT molecular complexity index is 425. The molecule has 3 N–H and O–H groups in total. The van der Waals surface area contributed by atoms with E-state index in [9.17, 15) is 9.67 Å². The summed E-state index contributed by atoms with van der Waals surface area (Å²) < 4.78 is 10.8. The van der Waals surface area contributed by atoms with E-state index >= 15 is 0 Å². The smallest absolute Gasteiger partial charge is 0.357 e. The van der Waals surface area contributed by atoms with E-state index in [1.807, 2.05) is 0 Å². The molecular formula is C15H27O4P. The Balaban J connectivity index is 4.19. The summed E-state index contributed by atoms with van der Waals surface area (Å²) in [4.78, 5) is 17.6. The lowest BCUT2D eigenvalue weighted by molar-refractivity contribution is 0.237. The molecule has 0 rings (SSSR count). The van der Waals surface area contributed by atoms with Crippen LogP contribution >= 0.6 is 7.60 Å². The van der Waals surface area contributed by atoms with Crippen molar-refractivity contribution in [2.45, 2.75) is 59.2 Å². The van der Waals surface area contributed by atoms with Crippen LogP contribution in [-0.2, 0) is 4.57 Å². The van der Waals surface area contributed by atoms with Crippen LogP contribution in [0, 0.1) is 0 Å². The van der Waals surface area contributed by atoms with E-state index in [1.54, 1.807) is 6.92 Å². The van der Waals surface area contributed by atoms with E-state index in [0.717, 1.165) is 24.8 Å². The predicted molar refractivity (Wildman–Crippen MR) is 83.5 cm³/mol. The van der Waals surface area contributed by atoms with Gasteiger partial charge in [0.25, 0.3) is 0 Å². The molecule has 0 heterocycles. The van der Waals surface area contributed by atoms with Crippen LogP contribution in [-0.4, -0.2) is 20.7 Å². The molecular weight excluding hydrogens is 275 g/mol. The Labute approximate surface area is 122 Å². The third-order valence-electron chi connectivity index (χ3n) is 2.90. The molecule has 0 radical (unpaired) electrons. The first-order chi connectivity index (χ1) is 9.12. The van der Waals surface area contributed by atoms with Gasteiger partial charge < -0.3 is 14.9 Å². The van der Waals surface area contributed by atoms with Crippen molar-refractivity contribution in [3.8, 4) is 0 Å². The summed E-state index contributed by atoms with van der Waals surface area (Å²) in [5, 5.41) is 9.27. The summed E-state index contributed by atoms with van der Waals surface area (Å²) in [6.07, 6.45) is 9.16. The van der Waals surface area contributed by atoms with Crippen LogP contribution in [0.25, 0.3) is 0 Å². The highest BCUT2D eigenvalue weighted by molar-refractivity contribution is 7.52. The number of allylic oxidation sites excluding steroid dienone is 5. The monoisotopic (exact) mass is 302 g/mol. The first-order valence-corrected chi connectivity index (χ1v) is 8.50. The summed E-state index contributed by atoms with van der Waals surface area (Å²) in [5.41, 5.74) is 3.42. The number of aliphatic hydroxyl groups is 1. The summed E-state index contributed by atoms with van der Waals surface area (Å²) >= 11 is 0. The summed E-state index contributed by atoms with van der Waals surface area (Å²) in [6, 6.07) is 0. The minimum atomic E-state index is -4.43. The molecule has 1 atom stereocenters. The maximum Gasteiger partial charge on any atom is 0.357 e. The first kappa shape index (κ1) is 19.3. The Hall–Kier alpha value is -0.670. The zero-order valence-corrected chi connectivity index (χ0v) is 13.7.